The van der Waals surface area contributed by atoms with Gasteiger partial charge in [-0.3, -0.25) is 4.98 Å². The van der Waals surface area contributed by atoms with Crippen molar-refractivity contribution in [2.75, 3.05) is 5.73 Å². The Bertz CT molecular complexity index is 688. The van der Waals surface area contributed by atoms with Crippen molar-refractivity contribution >= 4 is 16.6 Å². The number of nitrogens with zero attached hydrogens (tertiary/aromatic N) is 2. The van der Waals surface area contributed by atoms with Gasteiger partial charge in [0, 0.05) is 23.3 Å². The predicted molar refractivity (Wildman–Crippen MR) is 65.4 cm³/mol. The quantitative estimate of drug-likeness (QED) is 0.649. The second-order valence-corrected chi connectivity index (χ2v) is 3.87. The summed E-state index contributed by atoms with van der Waals surface area (Å²) >= 11 is 0. The highest BCUT2D eigenvalue weighted by atomic mass is 19.1. The molecule has 0 bridgehead atoms. The molecule has 2 N–H and O–H groups in total. The van der Waals surface area contributed by atoms with Gasteiger partial charge in [0.25, 0.3) is 0 Å². The monoisotopic (exact) mass is 227 g/mol. The van der Waals surface area contributed by atoms with Crippen LogP contribution in [0.4, 0.5) is 10.1 Å². The first-order valence-corrected chi connectivity index (χ1v) is 5.21. The minimum atomic E-state index is -0.347. The lowest BCUT2D eigenvalue weighted by Gasteiger charge is -2.05. The van der Waals surface area contributed by atoms with E-state index in [2.05, 4.69) is 4.98 Å². The highest BCUT2D eigenvalue weighted by molar-refractivity contribution is 5.84. The highest BCUT2D eigenvalue weighted by Crippen LogP contribution is 2.22. The number of benzene rings is 1. The van der Waals surface area contributed by atoms with Crippen molar-refractivity contribution in [2.45, 2.75) is 0 Å². The number of pyridine rings is 1. The van der Waals surface area contributed by atoms with Crippen LogP contribution in [-0.4, -0.2) is 9.55 Å². The van der Waals surface area contributed by atoms with Gasteiger partial charge in [0.1, 0.15) is 5.82 Å². The molecule has 3 aromatic rings. The molecule has 0 amide bonds. The molecular formula is C13H10FN3. The fourth-order valence-electron chi connectivity index (χ4n) is 1.92. The Hall–Kier alpha value is -2.36. The van der Waals surface area contributed by atoms with Crippen LogP contribution in [0.2, 0.25) is 0 Å². The smallest absolute Gasteiger partial charge is 0.143 e. The fraction of sp³-hybridized carbons (Fsp3) is 0. The van der Waals surface area contributed by atoms with Crippen molar-refractivity contribution < 1.29 is 4.39 Å². The average Bonchev–Trinajstić information content (AvgIpc) is 2.71. The summed E-state index contributed by atoms with van der Waals surface area (Å²) in [4.78, 5) is 3.84. The Balaban J connectivity index is 2.24. The maximum absolute atomic E-state index is 13.1. The van der Waals surface area contributed by atoms with E-state index in [1.807, 2.05) is 35.0 Å². The summed E-state index contributed by atoms with van der Waals surface area (Å²) in [7, 11) is 0. The first kappa shape index (κ1) is 9.84. The Kier molecular flexibility index (Phi) is 2.08. The van der Waals surface area contributed by atoms with Gasteiger partial charge in [0.05, 0.1) is 23.6 Å². The van der Waals surface area contributed by atoms with Crippen molar-refractivity contribution in [3.8, 4) is 5.69 Å². The third kappa shape index (κ3) is 1.63. The van der Waals surface area contributed by atoms with E-state index in [0.717, 1.165) is 10.9 Å². The van der Waals surface area contributed by atoms with Crippen LogP contribution in [0.3, 0.4) is 0 Å². The number of hydrogen-bond acceptors (Lipinski definition) is 2. The summed E-state index contributed by atoms with van der Waals surface area (Å²) in [5.74, 6) is -0.347. The Morgan fingerprint density at radius 1 is 1.12 bits per heavy atom. The van der Waals surface area contributed by atoms with Gasteiger partial charge < -0.3 is 10.3 Å². The normalized spacial score (nSPS) is 10.9. The Morgan fingerprint density at radius 3 is 2.82 bits per heavy atom. The summed E-state index contributed by atoms with van der Waals surface area (Å²) in [5.41, 5.74) is 8.11. The summed E-state index contributed by atoms with van der Waals surface area (Å²) in [5, 5.41) is 1.02. The summed E-state index contributed by atoms with van der Waals surface area (Å²) in [6, 6.07) is 9.01. The van der Waals surface area contributed by atoms with Gasteiger partial charge in [-0.25, -0.2) is 4.39 Å². The molecule has 2 aromatic heterocycles. The van der Waals surface area contributed by atoms with Crippen LogP contribution in [0.5, 0.6) is 0 Å². The number of rotatable bonds is 1. The van der Waals surface area contributed by atoms with E-state index in [9.17, 15) is 4.39 Å². The zero-order valence-corrected chi connectivity index (χ0v) is 8.97. The second-order valence-electron chi connectivity index (χ2n) is 3.87. The van der Waals surface area contributed by atoms with Crippen LogP contribution in [0.25, 0.3) is 16.6 Å². The van der Waals surface area contributed by atoms with Crippen LogP contribution < -0.4 is 5.73 Å². The van der Waals surface area contributed by atoms with Crippen molar-refractivity contribution in [1.82, 2.24) is 9.55 Å². The standard InChI is InChI=1S/C13H10FN3/c14-10-6-12(8-16-7-10)17-4-3-9-5-11(15)1-2-13(9)17/h1-8H,15H2. The molecule has 0 radical (unpaired) electrons. The summed E-state index contributed by atoms with van der Waals surface area (Å²) < 4.78 is 15.0. The molecule has 0 unspecified atom stereocenters. The maximum atomic E-state index is 13.1. The molecule has 0 aliphatic rings. The SMILES string of the molecule is Nc1ccc2c(ccn2-c2cncc(F)c2)c1. The maximum Gasteiger partial charge on any atom is 0.143 e. The van der Waals surface area contributed by atoms with E-state index in [1.54, 1.807) is 6.20 Å². The molecule has 0 saturated heterocycles. The Morgan fingerprint density at radius 2 is 2.00 bits per heavy atom. The number of nitrogen functional groups attached to an aromatic ring is 1. The molecule has 17 heavy (non-hydrogen) atoms. The molecule has 0 aliphatic carbocycles. The molecule has 3 rings (SSSR count). The zero-order chi connectivity index (χ0) is 11.8. The van der Waals surface area contributed by atoms with Gasteiger partial charge in [-0.15, -0.1) is 0 Å². The van der Waals surface area contributed by atoms with Crippen LogP contribution in [0.15, 0.2) is 48.9 Å². The van der Waals surface area contributed by atoms with Gasteiger partial charge in [-0.2, -0.15) is 0 Å². The minimum Gasteiger partial charge on any atom is -0.399 e. The highest BCUT2D eigenvalue weighted by Gasteiger charge is 2.04. The van der Waals surface area contributed by atoms with Crippen molar-refractivity contribution in [2.24, 2.45) is 0 Å². The van der Waals surface area contributed by atoms with Crippen molar-refractivity contribution in [1.29, 1.82) is 0 Å². The van der Waals surface area contributed by atoms with Crippen LogP contribution in [0, 0.1) is 5.82 Å². The molecule has 0 atom stereocenters. The molecule has 4 heteroatoms. The third-order valence-corrected chi connectivity index (χ3v) is 2.68. The summed E-state index contributed by atoms with van der Waals surface area (Å²) in [6.45, 7) is 0. The third-order valence-electron chi connectivity index (χ3n) is 2.68. The van der Waals surface area contributed by atoms with Gasteiger partial charge in [-0.05, 0) is 24.3 Å². The second kappa shape index (κ2) is 3.59. The van der Waals surface area contributed by atoms with E-state index in [4.69, 9.17) is 5.73 Å². The topological polar surface area (TPSA) is 43.8 Å². The molecule has 0 spiro atoms. The van der Waals surface area contributed by atoms with Crippen LogP contribution >= 0.6 is 0 Å². The van der Waals surface area contributed by atoms with E-state index < -0.39 is 0 Å². The van der Waals surface area contributed by atoms with Crippen LogP contribution in [-0.2, 0) is 0 Å². The van der Waals surface area contributed by atoms with E-state index in [0.29, 0.717) is 11.4 Å². The van der Waals surface area contributed by atoms with Gasteiger partial charge in [0.2, 0.25) is 0 Å². The van der Waals surface area contributed by atoms with Crippen molar-refractivity contribution in [3.05, 3.63) is 54.7 Å². The number of hydrogen-bond donors (Lipinski definition) is 1. The molecule has 0 fully saturated rings. The zero-order valence-electron chi connectivity index (χ0n) is 8.97. The van der Waals surface area contributed by atoms with Crippen LogP contribution in [0.1, 0.15) is 0 Å². The lowest BCUT2D eigenvalue weighted by Crippen LogP contribution is -1.94. The molecule has 3 nitrogen and oxygen atoms in total. The predicted octanol–water partition coefficient (Wildman–Crippen LogP) is 2.75. The van der Waals surface area contributed by atoms with E-state index in [1.165, 1.54) is 12.3 Å². The first-order chi connectivity index (χ1) is 8.24. The van der Waals surface area contributed by atoms with Crippen molar-refractivity contribution in [3.63, 3.8) is 0 Å². The number of nitrogens with two attached hydrogens (primary N) is 1. The number of fused-ring (bicyclic) bond motifs is 1. The largest absolute Gasteiger partial charge is 0.399 e. The number of anilines is 1. The fourth-order valence-corrected chi connectivity index (χ4v) is 1.92. The lowest BCUT2D eigenvalue weighted by molar-refractivity contribution is 0.620. The molecule has 0 saturated carbocycles. The first-order valence-electron chi connectivity index (χ1n) is 5.21. The average molecular weight is 227 g/mol. The Labute approximate surface area is 97.3 Å². The number of aromatic nitrogens is 2. The van der Waals surface area contributed by atoms with E-state index in [-0.39, 0.29) is 5.82 Å². The van der Waals surface area contributed by atoms with Gasteiger partial charge in [0.15, 0.2) is 0 Å². The van der Waals surface area contributed by atoms with Gasteiger partial charge in [-0.1, -0.05) is 0 Å². The molecule has 0 aliphatic heterocycles. The van der Waals surface area contributed by atoms with E-state index >= 15 is 0 Å². The molecule has 1 aromatic carbocycles. The van der Waals surface area contributed by atoms with Gasteiger partial charge >= 0.3 is 0 Å². The minimum absolute atomic E-state index is 0.347. The molecule has 84 valence electrons. The lowest BCUT2D eigenvalue weighted by atomic mass is 10.2. The summed E-state index contributed by atoms with van der Waals surface area (Å²) in [6.07, 6.45) is 4.69. The molecule has 2 heterocycles. The molecular weight excluding hydrogens is 217 g/mol. The number of halogens is 1.